The van der Waals surface area contributed by atoms with Crippen LogP contribution in [0.4, 0.5) is 5.69 Å². The van der Waals surface area contributed by atoms with E-state index < -0.39 is 29.7 Å². The highest BCUT2D eigenvalue weighted by Crippen LogP contribution is 2.25. The maximum Gasteiger partial charge on any atom is 0.262 e. The van der Waals surface area contributed by atoms with E-state index in [0.29, 0.717) is 11.3 Å². The molecule has 126 valence electrons. The van der Waals surface area contributed by atoms with Crippen molar-refractivity contribution in [2.45, 2.75) is 13.0 Å². The number of carbonyl (C=O) groups excluding carboxylic acids is 4. The Morgan fingerprint density at radius 1 is 0.960 bits per heavy atom. The quantitative estimate of drug-likeness (QED) is 0.822. The van der Waals surface area contributed by atoms with Gasteiger partial charge >= 0.3 is 0 Å². The first kappa shape index (κ1) is 16.4. The van der Waals surface area contributed by atoms with Gasteiger partial charge in [0.05, 0.1) is 11.1 Å². The SMILES string of the molecule is C[C@H](C(=O)Nc1ccc(C(N)=O)cc1)N1C(=O)c2ccccc2C1=O. The minimum absolute atomic E-state index is 0.290. The molecule has 25 heavy (non-hydrogen) atoms. The molecule has 0 radical (unpaired) electrons. The first-order valence-electron chi connectivity index (χ1n) is 7.58. The topological polar surface area (TPSA) is 110 Å². The molecule has 1 atom stereocenters. The average molecular weight is 337 g/mol. The summed E-state index contributed by atoms with van der Waals surface area (Å²) < 4.78 is 0. The molecular weight excluding hydrogens is 322 g/mol. The van der Waals surface area contributed by atoms with E-state index in [4.69, 9.17) is 5.73 Å². The van der Waals surface area contributed by atoms with Crippen molar-refractivity contribution < 1.29 is 19.2 Å². The number of primary amides is 1. The van der Waals surface area contributed by atoms with Crippen LogP contribution in [0.1, 0.15) is 38.0 Å². The summed E-state index contributed by atoms with van der Waals surface area (Å²) in [5, 5.41) is 2.62. The number of amides is 4. The molecule has 0 fully saturated rings. The Kier molecular flexibility index (Phi) is 4.06. The molecule has 3 rings (SSSR count). The van der Waals surface area contributed by atoms with Crippen molar-refractivity contribution in [3.05, 3.63) is 65.2 Å². The van der Waals surface area contributed by atoms with Gasteiger partial charge in [0.15, 0.2) is 0 Å². The fraction of sp³-hybridized carbons (Fsp3) is 0.111. The van der Waals surface area contributed by atoms with E-state index in [1.54, 1.807) is 24.3 Å². The van der Waals surface area contributed by atoms with Crippen molar-refractivity contribution in [1.82, 2.24) is 4.90 Å². The molecule has 1 aliphatic heterocycles. The summed E-state index contributed by atoms with van der Waals surface area (Å²) in [5.41, 5.74) is 6.48. The molecule has 2 aromatic rings. The first-order valence-corrected chi connectivity index (χ1v) is 7.58. The summed E-state index contributed by atoms with van der Waals surface area (Å²) in [5.74, 6) is -2.07. The fourth-order valence-electron chi connectivity index (χ4n) is 2.64. The molecule has 7 heteroatoms. The van der Waals surface area contributed by atoms with Crippen molar-refractivity contribution in [3.63, 3.8) is 0 Å². The van der Waals surface area contributed by atoms with Gasteiger partial charge in [0.2, 0.25) is 11.8 Å². The number of imide groups is 1. The largest absolute Gasteiger partial charge is 0.366 e. The summed E-state index contributed by atoms with van der Waals surface area (Å²) in [4.78, 5) is 49.2. The van der Waals surface area contributed by atoms with E-state index in [2.05, 4.69) is 5.32 Å². The Balaban J connectivity index is 1.76. The molecule has 1 aliphatic rings. The number of fused-ring (bicyclic) bond motifs is 1. The number of hydrogen-bond donors (Lipinski definition) is 2. The molecule has 1 heterocycles. The molecule has 0 saturated heterocycles. The number of nitrogens with zero attached hydrogens (tertiary/aromatic N) is 1. The Morgan fingerprint density at radius 2 is 1.48 bits per heavy atom. The lowest BCUT2D eigenvalue weighted by Gasteiger charge is -2.21. The zero-order valence-electron chi connectivity index (χ0n) is 13.4. The molecule has 0 aliphatic carbocycles. The maximum atomic E-state index is 12.4. The number of benzene rings is 2. The third-order valence-electron chi connectivity index (χ3n) is 4.03. The Morgan fingerprint density at radius 3 is 1.96 bits per heavy atom. The van der Waals surface area contributed by atoms with Gasteiger partial charge in [-0.1, -0.05) is 12.1 Å². The van der Waals surface area contributed by atoms with Gasteiger partial charge in [-0.25, -0.2) is 0 Å². The van der Waals surface area contributed by atoms with Crippen LogP contribution >= 0.6 is 0 Å². The lowest BCUT2D eigenvalue weighted by atomic mass is 10.1. The van der Waals surface area contributed by atoms with Crippen molar-refractivity contribution in [2.24, 2.45) is 5.73 Å². The number of anilines is 1. The normalized spacial score (nSPS) is 14.2. The van der Waals surface area contributed by atoms with E-state index in [-0.39, 0.29) is 11.1 Å². The van der Waals surface area contributed by atoms with E-state index in [0.717, 1.165) is 4.90 Å². The third-order valence-corrected chi connectivity index (χ3v) is 4.03. The van der Waals surface area contributed by atoms with Crippen molar-refractivity contribution in [1.29, 1.82) is 0 Å². The maximum absolute atomic E-state index is 12.4. The standard InChI is InChI=1S/C18H15N3O4/c1-10(16(23)20-12-8-6-11(7-9-12)15(19)22)21-17(24)13-4-2-3-5-14(13)18(21)25/h2-10H,1H3,(H2,19,22)(H,20,23)/t10-/m1/s1. The highest BCUT2D eigenvalue weighted by Gasteiger charge is 2.40. The minimum Gasteiger partial charge on any atom is -0.366 e. The van der Waals surface area contributed by atoms with Crippen LogP contribution in [-0.4, -0.2) is 34.6 Å². The van der Waals surface area contributed by atoms with Crippen LogP contribution in [0.2, 0.25) is 0 Å². The Bertz CT molecular complexity index is 854. The summed E-state index contributed by atoms with van der Waals surface area (Å²) >= 11 is 0. The monoisotopic (exact) mass is 337 g/mol. The van der Waals surface area contributed by atoms with E-state index in [9.17, 15) is 19.2 Å². The minimum atomic E-state index is -0.983. The van der Waals surface area contributed by atoms with Crippen molar-refractivity contribution in [2.75, 3.05) is 5.32 Å². The second-order valence-electron chi connectivity index (χ2n) is 5.63. The van der Waals surface area contributed by atoms with E-state index >= 15 is 0 Å². The molecule has 0 aromatic heterocycles. The second-order valence-corrected chi connectivity index (χ2v) is 5.63. The van der Waals surface area contributed by atoms with Gasteiger partial charge in [-0.3, -0.25) is 24.1 Å². The van der Waals surface area contributed by atoms with Gasteiger partial charge in [-0.05, 0) is 43.3 Å². The van der Waals surface area contributed by atoms with E-state index in [1.165, 1.54) is 31.2 Å². The molecular formula is C18H15N3O4. The molecule has 3 N–H and O–H groups in total. The number of carbonyl (C=O) groups is 4. The summed E-state index contributed by atoms with van der Waals surface area (Å²) in [6.07, 6.45) is 0. The molecule has 0 unspecified atom stereocenters. The summed E-state index contributed by atoms with van der Waals surface area (Å²) in [6.45, 7) is 1.48. The molecule has 4 amide bonds. The number of nitrogens with one attached hydrogen (secondary N) is 1. The van der Waals surface area contributed by atoms with Crippen molar-refractivity contribution in [3.8, 4) is 0 Å². The first-order chi connectivity index (χ1) is 11.9. The Hall–Kier alpha value is -3.48. The van der Waals surface area contributed by atoms with Crippen LogP contribution in [0.25, 0.3) is 0 Å². The number of nitrogens with two attached hydrogens (primary N) is 1. The molecule has 7 nitrogen and oxygen atoms in total. The van der Waals surface area contributed by atoms with Gasteiger partial charge in [0, 0.05) is 11.3 Å². The molecule has 2 aromatic carbocycles. The smallest absolute Gasteiger partial charge is 0.262 e. The van der Waals surface area contributed by atoms with E-state index in [1.807, 2.05) is 0 Å². The molecule has 0 bridgehead atoms. The second kappa shape index (κ2) is 6.20. The zero-order valence-corrected chi connectivity index (χ0v) is 13.4. The highest BCUT2D eigenvalue weighted by atomic mass is 16.2. The van der Waals surface area contributed by atoms with Crippen molar-refractivity contribution >= 4 is 29.3 Å². The van der Waals surface area contributed by atoms with Crippen LogP contribution in [0, 0.1) is 0 Å². The van der Waals surface area contributed by atoms with Gasteiger partial charge in [0.25, 0.3) is 11.8 Å². The van der Waals surface area contributed by atoms with Gasteiger partial charge in [-0.15, -0.1) is 0 Å². The van der Waals surface area contributed by atoms with Crippen LogP contribution in [-0.2, 0) is 4.79 Å². The fourth-order valence-corrected chi connectivity index (χ4v) is 2.64. The van der Waals surface area contributed by atoms with Crippen LogP contribution in [0.15, 0.2) is 48.5 Å². The predicted molar refractivity (Wildman–Crippen MR) is 90.0 cm³/mol. The third kappa shape index (κ3) is 2.87. The Labute approximate surface area is 143 Å². The van der Waals surface area contributed by atoms with Gasteiger partial charge in [0.1, 0.15) is 6.04 Å². The number of hydrogen-bond acceptors (Lipinski definition) is 4. The lowest BCUT2D eigenvalue weighted by molar-refractivity contribution is -0.119. The molecule has 0 saturated carbocycles. The van der Waals surface area contributed by atoms with Gasteiger partial charge in [-0.2, -0.15) is 0 Å². The average Bonchev–Trinajstić information content (AvgIpc) is 2.86. The summed E-state index contributed by atoms with van der Waals surface area (Å²) in [6, 6.07) is 11.5. The lowest BCUT2D eigenvalue weighted by Crippen LogP contribution is -2.45. The van der Waals surface area contributed by atoms with Gasteiger partial charge < -0.3 is 11.1 Å². The van der Waals surface area contributed by atoms with Crippen LogP contribution < -0.4 is 11.1 Å². The molecule has 0 spiro atoms. The number of rotatable bonds is 4. The zero-order chi connectivity index (χ0) is 18.1. The summed E-state index contributed by atoms with van der Waals surface area (Å²) in [7, 11) is 0. The van der Waals surface area contributed by atoms with Crippen LogP contribution in [0.3, 0.4) is 0 Å². The predicted octanol–water partition coefficient (Wildman–Crippen LogP) is 1.41. The van der Waals surface area contributed by atoms with Crippen LogP contribution in [0.5, 0.6) is 0 Å². The highest BCUT2D eigenvalue weighted by molar-refractivity contribution is 6.23.